The van der Waals surface area contributed by atoms with Crippen LogP contribution in [0.1, 0.15) is 12.0 Å². The average molecular weight is 433 g/mol. The van der Waals surface area contributed by atoms with E-state index in [1.54, 1.807) is 20.3 Å². The van der Waals surface area contributed by atoms with Gasteiger partial charge in [0.1, 0.15) is 24.2 Å². The zero-order valence-corrected chi connectivity index (χ0v) is 19.3. The van der Waals surface area contributed by atoms with Crippen molar-refractivity contribution in [3.63, 3.8) is 0 Å². The lowest BCUT2D eigenvalue weighted by atomic mass is 10.2. The summed E-state index contributed by atoms with van der Waals surface area (Å²) in [7, 11) is 9.32. The van der Waals surface area contributed by atoms with Crippen molar-refractivity contribution in [3.05, 3.63) is 48.0 Å². The van der Waals surface area contributed by atoms with Gasteiger partial charge in [0, 0.05) is 25.7 Å². The Morgan fingerprint density at radius 3 is 2.39 bits per heavy atom. The summed E-state index contributed by atoms with van der Waals surface area (Å²) in [5.74, 6) is 2.87. The summed E-state index contributed by atoms with van der Waals surface area (Å²) < 4.78 is 22.2. The second kappa shape index (κ2) is 13.0. The number of likely N-dealkylation sites (N-methyl/N-ethyl adjacent to an activating group) is 1. The van der Waals surface area contributed by atoms with Crippen LogP contribution in [0.2, 0.25) is 0 Å². The van der Waals surface area contributed by atoms with Crippen molar-refractivity contribution in [2.45, 2.75) is 19.1 Å². The third-order valence-electron chi connectivity index (χ3n) is 4.69. The monoisotopic (exact) mass is 432 g/mol. The molecule has 2 aromatic carbocycles. The largest absolute Gasteiger partial charge is 0.497 e. The summed E-state index contributed by atoms with van der Waals surface area (Å²) >= 11 is 0. The van der Waals surface area contributed by atoms with Crippen molar-refractivity contribution < 1.29 is 24.1 Å². The van der Waals surface area contributed by atoms with Crippen LogP contribution in [0, 0.1) is 0 Å². The number of ether oxygens (including phenoxy) is 4. The highest BCUT2D eigenvalue weighted by Crippen LogP contribution is 2.28. The molecule has 0 saturated heterocycles. The van der Waals surface area contributed by atoms with E-state index in [2.05, 4.69) is 4.90 Å². The molecule has 0 heterocycles. The maximum Gasteiger partial charge on any atom is 0.161 e. The molecule has 0 saturated carbocycles. The first kappa shape index (κ1) is 24.8. The van der Waals surface area contributed by atoms with Crippen molar-refractivity contribution in [2.75, 3.05) is 61.7 Å². The molecule has 0 fully saturated rings. The van der Waals surface area contributed by atoms with Gasteiger partial charge in [-0.05, 0) is 57.4 Å². The molecule has 2 rings (SSSR count). The van der Waals surface area contributed by atoms with E-state index in [9.17, 15) is 5.11 Å². The minimum absolute atomic E-state index is 0.209. The molecule has 31 heavy (non-hydrogen) atoms. The molecule has 0 unspecified atom stereocenters. The molecule has 0 amide bonds. The van der Waals surface area contributed by atoms with Gasteiger partial charge in [0.25, 0.3) is 0 Å². The van der Waals surface area contributed by atoms with Gasteiger partial charge >= 0.3 is 0 Å². The van der Waals surface area contributed by atoms with E-state index in [4.69, 9.17) is 18.9 Å². The molecular formula is C24H36N2O5. The van der Waals surface area contributed by atoms with Crippen molar-refractivity contribution in [2.24, 2.45) is 0 Å². The Bertz CT molecular complexity index is 784. The number of aliphatic hydroxyl groups excluding tert-OH is 1. The second-order valence-electron chi connectivity index (χ2n) is 7.83. The van der Waals surface area contributed by atoms with Crippen LogP contribution in [-0.2, 0) is 6.54 Å². The summed E-state index contributed by atoms with van der Waals surface area (Å²) in [5.41, 5.74) is 1.08. The predicted molar refractivity (Wildman–Crippen MR) is 122 cm³/mol. The second-order valence-corrected chi connectivity index (χ2v) is 7.83. The summed E-state index contributed by atoms with van der Waals surface area (Å²) in [6, 6.07) is 13.3. The smallest absolute Gasteiger partial charge is 0.161 e. The van der Waals surface area contributed by atoms with E-state index in [1.807, 2.05) is 62.4 Å². The van der Waals surface area contributed by atoms with Gasteiger partial charge in [-0.25, -0.2) is 0 Å². The molecule has 0 aliphatic carbocycles. The zero-order chi connectivity index (χ0) is 22.6. The fraction of sp³-hybridized carbons (Fsp3) is 0.500. The summed E-state index contributed by atoms with van der Waals surface area (Å²) in [6.07, 6.45) is 0.341. The SMILES string of the molecule is COc1cccc(OC[C@@H](O)CN(C)Cc2ccc(OCCCN(C)C)c(OC)c2)c1. The maximum atomic E-state index is 10.3. The quantitative estimate of drug-likeness (QED) is 0.461. The topological polar surface area (TPSA) is 63.6 Å². The zero-order valence-electron chi connectivity index (χ0n) is 19.3. The number of methoxy groups -OCH3 is 2. The average Bonchev–Trinajstić information content (AvgIpc) is 2.75. The molecule has 0 aliphatic heterocycles. The minimum atomic E-state index is -0.614. The Kier molecular flexibility index (Phi) is 10.4. The van der Waals surface area contributed by atoms with E-state index < -0.39 is 6.10 Å². The Hall–Kier alpha value is -2.48. The molecule has 0 spiro atoms. The van der Waals surface area contributed by atoms with Gasteiger partial charge in [-0.2, -0.15) is 0 Å². The highest BCUT2D eigenvalue weighted by molar-refractivity contribution is 5.43. The van der Waals surface area contributed by atoms with E-state index in [1.165, 1.54) is 0 Å². The molecule has 2 aromatic rings. The molecule has 7 heteroatoms. The normalized spacial score (nSPS) is 12.1. The highest BCUT2D eigenvalue weighted by Gasteiger charge is 2.12. The Morgan fingerprint density at radius 1 is 0.903 bits per heavy atom. The fourth-order valence-electron chi connectivity index (χ4n) is 3.16. The first-order chi connectivity index (χ1) is 14.9. The fourth-order valence-corrected chi connectivity index (χ4v) is 3.16. The van der Waals surface area contributed by atoms with Crippen LogP contribution in [0.3, 0.4) is 0 Å². The van der Waals surface area contributed by atoms with Crippen LogP contribution in [0.15, 0.2) is 42.5 Å². The van der Waals surface area contributed by atoms with Gasteiger partial charge < -0.3 is 29.0 Å². The number of nitrogens with zero attached hydrogens (tertiary/aromatic N) is 2. The predicted octanol–water partition coefficient (Wildman–Crippen LogP) is 2.91. The summed E-state index contributed by atoms with van der Waals surface area (Å²) in [6.45, 7) is 2.99. The molecule has 1 N–H and O–H groups in total. The standard InChI is InChI=1S/C24H36N2O5/c1-25(2)12-7-13-30-23-11-10-19(14-24(23)29-5)16-26(3)17-20(27)18-31-22-9-6-8-21(15-22)28-4/h6,8-11,14-15,20,27H,7,12-13,16-18H2,1-5H3/t20-/m0/s1. The summed E-state index contributed by atoms with van der Waals surface area (Å²) in [4.78, 5) is 4.18. The molecule has 172 valence electrons. The molecular weight excluding hydrogens is 396 g/mol. The van der Waals surface area contributed by atoms with E-state index in [-0.39, 0.29) is 6.61 Å². The molecule has 7 nitrogen and oxygen atoms in total. The van der Waals surface area contributed by atoms with Gasteiger partial charge in [0.15, 0.2) is 11.5 Å². The van der Waals surface area contributed by atoms with Gasteiger partial charge in [-0.15, -0.1) is 0 Å². The molecule has 0 aliphatic rings. The summed E-state index contributed by atoms with van der Waals surface area (Å²) in [5, 5.41) is 10.3. The number of rotatable bonds is 14. The molecule has 0 aromatic heterocycles. The highest BCUT2D eigenvalue weighted by atomic mass is 16.5. The minimum Gasteiger partial charge on any atom is -0.497 e. The number of aliphatic hydroxyl groups is 1. The van der Waals surface area contributed by atoms with E-state index in [0.29, 0.717) is 25.4 Å². The lowest BCUT2D eigenvalue weighted by Gasteiger charge is -2.21. The number of hydrogen-bond acceptors (Lipinski definition) is 7. The molecule has 0 bridgehead atoms. The molecule has 0 radical (unpaired) electrons. The lowest BCUT2D eigenvalue weighted by molar-refractivity contribution is 0.0743. The van der Waals surface area contributed by atoms with Gasteiger partial charge in [0.05, 0.1) is 20.8 Å². The third-order valence-corrected chi connectivity index (χ3v) is 4.69. The van der Waals surface area contributed by atoms with Gasteiger partial charge in [0.2, 0.25) is 0 Å². The van der Waals surface area contributed by atoms with Crippen LogP contribution >= 0.6 is 0 Å². The van der Waals surface area contributed by atoms with E-state index >= 15 is 0 Å². The van der Waals surface area contributed by atoms with Crippen LogP contribution in [0.5, 0.6) is 23.0 Å². The van der Waals surface area contributed by atoms with Crippen LogP contribution < -0.4 is 18.9 Å². The van der Waals surface area contributed by atoms with Crippen molar-refractivity contribution in [1.82, 2.24) is 9.80 Å². The Morgan fingerprint density at radius 2 is 1.68 bits per heavy atom. The number of hydrogen-bond donors (Lipinski definition) is 1. The van der Waals surface area contributed by atoms with Crippen LogP contribution in [0.25, 0.3) is 0 Å². The first-order valence-corrected chi connectivity index (χ1v) is 10.5. The third kappa shape index (κ3) is 9.04. The first-order valence-electron chi connectivity index (χ1n) is 10.5. The van der Waals surface area contributed by atoms with Crippen molar-refractivity contribution in [3.8, 4) is 23.0 Å². The lowest BCUT2D eigenvalue weighted by Crippen LogP contribution is -2.32. The van der Waals surface area contributed by atoms with E-state index in [0.717, 1.165) is 35.8 Å². The molecule has 1 atom stereocenters. The Labute approximate surface area is 186 Å². The van der Waals surface area contributed by atoms with Crippen LogP contribution in [-0.4, -0.2) is 82.7 Å². The van der Waals surface area contributed by atoms with Gasteiger partial charge in [-0.3, -0.25) is 4.90 Å². The maximum absolute atomic E-state index is 10.3. The van der Waals surface area contributed by atoms with Crippen molar-refractivity contribution in [1.29, 1.82) is 0 Å². The van der Waals surface area contributed by atoms with Crippen LogP contribution in [0.4, 0.5) is 0 Å². The van der Waals surface area contributed by atoms with Gasteiger partial charge in [-0.1, -0.05) is 12.1 Å². The van der Waals surface area contributed by atoms with Crippen molar-refractivity contribution >= 4 is 0 Å². The Balaban J connectivity index is 1.81. The number of benzene rings is 2.